The molecule has 0 saturated carbocycles. The molecule has 0 N–H and O–H groups in total. The van der Waals surface area contributed by atoms with E-state index < -0.39 is 17.6 Å². The van der Waals surface area contributed by atoms with Gasteiger partial charge in [-0.15, -0.1) is 0 Å². The Hall–Kier alpha value is -2.69. The number of benzene rings is 2. The minimum Gasteiger partial charge on any atom is -0.375 e. The van der Waals surface area contributed by atoms with E-state index in [0.717, 1.165) is 4.90 Å². The third-order valence-electron chi connectivity index (χ3n) is 3.47. The molecule has 0 aliphatic carbocycles. The fourth-order valence-corrected chi connectivity index (χ4v) is 2.42. The second-order valence-electron chi connectivity index (χ2n) is 5.02. The van der Waals surface area contributed by atoms with Gasteiger partial charge in [-0.05, 0) is 24.3 Å². The fraction of sp³-hybridized carbons (Fsp3) is 0.125. The Morgan fingerprint density at radius 2 is 1.52 bits per heavy atom. The minimum absolute atomic E-state index is 0.240. The lowest BCUT2D eigenvalue weighted by molar-refractivity contribution is 0.0926. The van der Waals surface area contributed by atoms with Crippen LogP contribution in [0.1, 0.15) is 20.7 Å². The van der Waals surface area contributed by atoms with Crippen LogP contribution in [0.3, 0.4) is 0 Å². The summed E-state index contributed by atoms with van der Waals surface area (Å²) < 4.78 is 14.0. The molecular weight excluding hydrogens is 271 g/mol. The van der Waals surface area contributed by atoms with Crippen molar-refractivity contribution >= 4 is 23.2 Å². The summed E-state index contributed by atoms with van der Waals surface area (Å²) in [6.45, 7) is 0. The number of halogens is 1. The highest BCUT2D eigenvalue weighted by molar-refractivity contribution is 6.34. The van der Waals surface area contributed by atoms with Gasteiger partial charge in [0.25, 0.3) is 11.8 Å². The molecule has 0 radical (unpaired) electrons. The van der Waals surface area contributed by atoms with Crippen LogP contribution in [0.2, 0.25) is 0 Å². The number of amides is 2. The second kappa shape index (κ2) is 4.70. The smallest absolute Gasteiger partial charge is 0.266 e. The van der Waals surface area contributed by atoms with Crippen LogP contribution in [0.15, 0.2) is 42.5 Å². The van der Waals surface area contributed by atoms with Gasteiger partial charge in [-0.25, -0.2) is 9.29 Å². The van der Waals surface area contributed by atoms with Crippen LogP contribution in [-0.4, -0.2) is 25.9 Å². The molecule has 0 saturated heterocycles. The van der Waals surface area contributed by atoms with Crippen molar-refractivity contribution in [2.45, 2.75) is 0 Å². The largest absolute Gasteiger partial charge is 0.375 e. The first-order valence-corrected chi connectivity index (χ1v) is 6.45. The van der Waals surface area contributed by atoms with Crippen LogP contribution in [0.5, 0.6) is 0 Å². The summed E-state index contributed by atoms with van der Waals surface area (Å²) >= 11 is 0. The highest BCUT2D eigenvalue weighted by Gasteiger charge is 2.36. The molecule has 1 aliphatic heterocycles. The Labute approximate surface area is 121 Å². The zero-order valence-corrected chi connectivity index (χ0v) is 11.6. The molecule has 0 spiro atoms. The van der Waals surface area contributed by atoms with Crippen molar-refractivity contribution in [2.24, 2.45) is 0 Å². The average molecular weight is 284 g/mol. The van der Waals surface area contributed by atoms with Crippen LogP contribution in [-0.2, 0) is 0 Å². The molecule has 0 aromatic heterocycles. The summed E-state index contributed by atoms with van der Waals surface area (Å²) in [5, 5.41) is 0. The van der Waals surface area contributed by atoms with E-state index in [-0.39, 0.29) is 5.69 Å². The zero-order chi connectivity index (χ0) is 15.1. The molecule has 106 valence electrons. The maximum Gasteiger partial charge on any atom is 0.266 e. The molecule has 0 fully saturated rings. The fourth-order valence-electron chi connectivity index (χ4n) is 2.42. The van der Waals surface area contributed by atoms with E-state index in [4.69, 9.17) is 0 Å². The SMILES string of the molecule is CN(C)c1ccc(N2C(=O)c3ccccc3C2=O)cc1F. The Morgan fingerprint density at radius 1 is 0.952 bits per heavy atom. The maximum atomic E-state index is 14.0. The van der Waals surface area contributed by atoms with Crippen LogP contribution in [0.25, 0.3) is 0 Å². The van der Waals surface area contributed by atoms with Crippen molar-refractivity contribution in [3.8, 4) is 0 Å². The number of fused-ring (bicyclic) bond motifs is 1. The van der Waals surface area contributed by atoms with E-state index >= 15 is 0 Å². The molecule has 4 nitrogen and oxygen atoms in total. The molecule has 0 bridgehead atoms. The Morgan fingerprint density at radius 3 is 2.00 bits per heavy atom. The van der Waals surface area contributed by atoms with Gasteiger partial charge in [-0.3, -0.25) is 9.59 Å². The van der Waals surface area contributed by atoms with E-state index in [1.54, 1.807) is 55.4 Å². The highest BCUT2D eigenvalue weighted by atomic mass is 19.1. The molecule has 2 aromatic rings. The van der Waals surface area contributed by atoms with Gasteiger partial charge >= 0.3 is 0 Å². The molecule has 1 heterocycles. The highest BCUT2D eigenvalue weighted by Crippen LogP contribution is 2.30. The van der Waals surface area contributed by atoms with Crippen LogP contribution in [0.4, 0.5) is 15.8 Å². The van der Waals surface area contributed by atoms with Crippen molar-refractivity contribution < 1.29 is 14.0 Å². The second-order valence-corrected chi connectivity index (χ2v) is 5.02. The zero-order valence-electron chi connectivity index (χ0n) is 11.6. The van der Waals surface area contributed by atoms with Gasteiger partial charge in [0.1, 0.15) is 5.82 Å². The minimum atomic E-state index is -0.478. The lowest BCUT2D eigenvalue weighted by Crippen LogP contribution is -2.29. The molecule has 0 atom stereocenters. The normalized spacial score (nSPS) is 13.6. The number of rotatable bonds is 2. The molecule has 21 heavy (non-hydrogen) atoms. The topological polar surface area (TPSA) is 40.6 Å². The number of carbonyl (C=O) groups is 2. The number of anilines is 2. The monoisotopic (exact) mass is 284 g/mol. The predicted octanol–water partition coefficient (Wildman–Crippen LogP) is 2.69. The first kappa shape index (κ1) is 13.3. The number of carbonyl (C=O) groups excluding carboxylic acids is 2. The lowest BCUT2D eigenvalue weighted by atomic mass is 10.1. The Kier molecular flexibility index (Phi) is 2.97. The van der Waals surface area contributed by atoms with Crippen molar-refractivity contribution in [3.05, 3.63) is 59.4 Å². The predicted molar refractivity (Wildman–Crippen MR) is 78.3 cm³/mol. The van der Waals surface area contributed by atoms with E-state index in [0.29, 0.717) is 16.8 Å². The summed E-state index contributed by atoms with van der Waals surface area (Å²) in [4.78, 5) is 27.3. The van der Waals surface area contributed by atoms with E-state index in [1.807, 2.05) is 0 Å². The molecule has 5 heteroatoms. The number of hydrogen-bond acceptors (Lipinski definition) is 3. The first-order chi connectivity index (χ1) is 10.0. The standard InChI is InChI=1S/C16H13FN2O2/c1-18(2)14-8-7-10(9-13(14)17)19-15(20)11-5-3-4-6-12(11)16(19)21/h3-9H,1-2H3. The van der Waals surface area contributed by atoms with Gasteiger partial charge in [-0.1, -0.05) is 12.1 Å². The van der Waals surface area contributed by atoms with E-state index in [9.17, 15) is 14.0 Å². The lowest BCUT2D eigenvalue weighted by Gasteiger charge is -2.18. The number of nitrogens with zero attached hydrogens (tertiary/aromatic N) is 2. The molecule has 0 unspecified atom stereocenters. The van der Waals surface area contributed by atoms with Gasteiger partial charge in [0.2, 0.25) is 0 Å². The first-order valence-electron chi connectivity index (χ1n) is 6.45. The van der Waals surface area contributed by atoms with Crippen molar-refractivity contribution in [1.29, 1.82) is 0 Å². The third kappa shape index (κ3) is 1.98. The van der Waals surface area contributed by atoms with Gasteiger partial charge in [0, 0.05) is 20.2 Å². The van der Waals surface area contributed by atoms with Gasteiger partial charge < -0.3 is 4.90 Å². The number of imide groups is 1. The third-order valence-corrected chi connectivity index (χ3v) is 3.47. The van der Waals surface area contributed by atoms with E-state index in [1.165, 1.54) is 6.07 Å². The molecular formula is C16H13FN2O2. The Balaban J connectivity index is 2.05. The maximum absolute atomic E-state index is 14.0. The van der Waals surface area contributed by atoms with Crippen molar-refractivity contribution in [1.82, 2.24) is 0 Å². The van der Waals surface area contributed by atoms with Gasteiger partial charge in [0.05, 0.1) is 22.5 Å². The van der Waals surface area contributed by atoms with Crippen molar-refractivity contribution in [3.63, 3.8) is 0 Å². The molecule has 1 aliphatic rings. The summed E-state index contributed by atoms with van der Waals surface area (Å²) in [6, 6.07) is 10.9. The average Bonchev–Trinajstić information content (AvgIpc) is 2.71. The van der Waals surface area contributed by atoms with Gasteiger partial charge in [0.15, 0.2) is 0 Å². The molecule has 2 amide bonds. The van der Waals surface area contributed by atoms with Crippen molar-refractivity contribution in [2.75, 3.05) is 23.9 Å². The Bertz CT molecular complexity index is 721. The summed E-state index contributed by atoms with van der Waals surface area (Å²) in [6.07, 6.45) is 0. The summed E-state index contributed by atoms with van der Waals surface area (Å²) in [5.74, 6) is -1.32. The van der Waals surface area contributed by atoms with Crippen LogP contribution >= 0.6 is 0 Å². The van der Waals surface area contributed by atoms with E-state index in [2.05, 4.69) is 0 Å². The van der Waals surface area contributed by atoms with Crippen LogP contribution in [0, 0.1) is 5.82 Å². The van der Waals surface area contributed by atoms with Gasteiger partial charge in [-0.2, -0.15) is 0 Å². The molecule has 3 rings (SSSR count). The quantitative estimate of drug-likeness (QED) is 0.796. The van der Waals surface area contributed by atoms with Crippen LogP contribution < -0.4 is 9.80 Å². The summed E-state index contributed by atoms with van der Waals surface area (Å²) in [5.41, 5.74) is 1.33. The summed E-state index contributed by atoms with van der Waals surface area (Å²) in [7, 11) is 3.44. The molecule has 2 aromatic carbocycles. The number of hydrogen-bond donors (Lipinski definition) is 0.